The molecule has 0 aliphatic rings. The molecule has 0 amide bonds. The van der Waals surface area contributed by atoms with Crippen molar-refractivity contribution in [3.05, 3.63) is 65.2 Å². The van der Waals surface area contributed by atoms with E-state index in [0.29, 0.717) is 0 Å². The van der Waals surface area contributed by atoms with E-state index in [1.807, 2.05) is 44.2 Å². The average Bonchev–Trinajstić information content (AvgIpc) is 2.76. The van der Waals surface area contributed by atoms with Gasteiger partial charge in [0.1, 0.15) is 11.5 Å². The minimum atomic E-state index is -0.165. The highest BCUT2D eigenvalue weighted by Gasteiger charge is 2.15. The highest BCUT2D eigenvalue weighted by atomic mass is 16.3. The zero-order chi connectivity index (χ0) is 13.4. The summed E-state index contributed by atoms with van der Waals surface area (Å²) in [5, 5.41) is 1.10. The lowest BCUT2D eigenvalue weighted by Crippen LogP contribution is -2.12. The molecule has 3 rings (SSSR count). The van der Waals surface area contributed by atoms with E-state index < -0.39 is 0 Å². The van der Waals surface area contributed by atoms with E-state index in [4.69, 9.17) is 10.2 Å². The van der Waals surface area contributed by atoms with E-state index in [-0.39, 0.29) is 6.04 Å². The minimum absolute atomic E-state index is 0.165. The molecule has 0 aliphatic heterocycles. The van der Waals surface area contributed by atoms with Gasteiger partial charge in [-0.3, -0.25) is 4.98 Å². The number of nitrogens with two attached hydrogens (primary N) is 1. The van der Waals surface area contributed by atoms with Crippen LogP contribution in [0.3, 0.4) is 0 Å². The first-order valence-electron chi connectivity index (χ1n) is 6.32. The van der Waals surface area contributed by atoms with Gasteiger partial charge in [-0.05, 0) is 43.7 Å². The Kier molecular flexibility index (Phi) is 2.84. The molecular weight excluding hydrogens is 236 g/mol. The quantitative estimate of drug-likeness (QED) is 0.759. The largest absolute Gasteiger partial charge is 0.466 e. The number of fused-ring (bicyclic) bond motifs is 1. The first-order chi connectivity index (χ1) is 9.15. The lowest BCUT2D eigenvalue weighted by molar-refractivity contribution is 0.499. The Bertz CT molecular complexity index is 730. The Morgan fingerprint density at radius 2 is 2.00 bits per heavy atom. The molecule has 0 aliphatic carbocycles. The molecule has 0 spiro atoms. The third-order valence-electron chi connectivity index (χ3n) is 3.40. The summed E-state index contributed by atoms with van der Waals surface area (Å²) in [6, 6.07) is 12.0. The van der Waals surface area contributed by atoms with Crippen LogP contribution >= 0.6 is 0 Å². The summed E-state index contributed by atoms with van der Waals surface area (Å²) >= 11 is 0. The summed E-state index contributed by atoms with van der Waals surface area (Å²) in [5.74, 6) is 1.78. The van der Waals surface area contributed by atoms with Gasteiger partial charge in [0.15, 0.2) is 0 Å². The number of pyridine rings is 1. The fraction of sp³-hybridized carbons (Fsp3) is 0.188. The maximum atomic E-state index is 6.34. The Hall–Kier alpha value is -2.13. The first-order valence-corrected chi connectivity index (χ1v) is 6.32. The molecule has 0 saturated carbocycles. The van der Waals surface area contributed by atoms with Crippen LogP contribution < -0.4 is 5.73 Å². The molecule has 0 fully saturated rings. The van der Waals surface area contributed by atoms with Crippen LogP contribution in [0.25, 0.3) is 10.9 Å². The second-order valence-electron chi connectivity index (χ2n) is 4.80. The van der Waals surface area contributed by atoms with Crippen molar-refractivity contribution in [2.75, 3.05) is 0 Å². The normalized spacial score (nSPS) is 12.8. The summed E-state index contributed by atoms with van der Waals surface area (Å²) in [6.07, 6.45) is 1.80. The molecule has 1 atom stereocenters. The molecule has 3 aromatic rings. The van der Waals surface area contributed by atoms with E-state index in [9.17, 15) is 0 Å². The maximum Gasteiger partial charge on any atom is 0.106 e. The third kappa shape index (κ3) is 2.13. The van der Waals surface area contributed by atoms with E-state index in [1.54, 1.807) is 6.20 Å². The third-order valence-corrected chi connectivity index (χ3v) is 3.40. The van der Waals surface area contributed by atoms with E-state index in [2.05, 4.69) is 11.1 Å². The molecule has 1 aromatic carbocycles. The number of hydrogen-bond donors (Lipinski definition) is 1. The highest BCUT2D eigenvalue weighted by Crippen LogP contribution is 2.27. The zero-order valence-corrected chi connectivity index (χ0v) is 11.1. The average molecular weight is 252 g/mol. The predicted octanol–water partition coefficient (Wildman–Crippen LogP) is 3.49. The van der Waals surface area contributed by atoms with Crippen molar-refractivity contribution < 1.29 is 4.42 Å². The summed E-state index contributed by atoms with van der Waals surface area (Å²) in [6.45, 7) is 3.89. The molecule has 0 bridgehead atoms. The van der Waals surface area contributed by atoms with Crippen LogP contribution in [0.15, 0.2) is 47.0 Å². The summed E-state index contributed by atoms with van der Waals surface area (Å²) < 4.78 is 5.55. The Labute approximate surface area is 112 Å². The number of furan rings is 1. The van der Waals surface area contributed by atoms with E-state index >= 15 is 0 Å². The molecule has 0 saturated heterocycles. The highest BCUT2D eigenvalue weighted by molar-refractivity contribution is 5.79. The molecular formula is C16H16N2O. The first kappa shape index (κ1) is 11.9. The van der Waals surface area contributed by atoms with Crippen LogP contribution in [-0.4, -0.2) is 4.98 Å². The smallest absolute Gasteiger partial charge is 0.106 e. The molecule has 19 heavy (non-hydrogen) atoms. The van der Waals surface area contributed by atoms with E-state index in [0.717, 1.165) is 33.6 Å². The van der Waals surface area contributed by atoms with Crippen molar-refractivity contribution in [1.82, 2.24) is 4.98 Å². The number of aryl methyl sites for hydroxylation is 2. The van der Waals surface area contributed by atoms with Crippen LogP contribution in [-0.2, 0) is 0 Å². The topological polar surface area (TPSA) is 52.0 Å². The van der Waals surface area contributed by atoms with Crippen molar-refractivity contribution >= 4 is 10.9 Å². The van der Waals surface area contributed by atoms with Crippen molar-refractivity contribution in [2.45, 2.75) is 19.9 Å². The number of benzene rings is 1. The van der Waals surface area contributed by atoms with E-state index in [1.165, 1.54) is 0 Å². The van der Waals surface area contributed by atoms with Gasteiger partial charge in [-0.2, -0.15) is 0 Å². The second-order valence-corrected chi connectivity index (χ2v) is 4.80. The molecule has 0 radical (unpaired) electrons. The lowest BCUT2D eigenvalue weighted by Gasteiger charge is -2.12. The lowest BCUT2D eigenvalue weighted by atomic mass is 9.98. The monoisotopic (exact) mass is 252 g/mol. The minimum Gasteiger partial charge on any atom is -0.466 e. The molecule has 2 N–H and O–H groups in total. The van der Waals surface area contributed by atoms with Crippen LogP contribution in [0.2, 0.25) is 0 Å². The number of nitrogens with zero attached hydrogens (tertiary/aromatic N) is 1. The molecule has 3 heteroatoms. The van der Waals surface area contributed by atoms with Gasteiger partial charge in [0.25, 0.3) is 0 Å². The number of hydrogen-bond acceptors (Lipinski definition) is 3. The van der Waals surface area contributed by atoms with Crippen molar-refractivity contribution in [2.24, 2.45) is 5.73 Å². The second kappa shape index (κ2) is 4.52. The van der Waals surface area contributed by atoms with Crippen molar-refractivity contribution in [3.8, 4) is 0 Å². The summed E-state index contributed by atoms with van der Waals surface area (Å²) in [7, 11) is 0. The fourth-order valence-corrected chi connectivity index (χ4v) is 2.43. The molecule has 3 nitrogen and oxygen atoms in total. The summed E-state index contributed by atoms with van der Waals surface area (Å²) in [5.41, 5.74) is 9.44. The zero-order valence-electron chi connectivity index (χ0n) is 11.1. The number of rotatable bonds is 2. The van der Waals surface area contributed by atoms with Crippen LogP contribution in [0.4, 0.5) is 0 Å². The van der Waals surface area contributed by atoms with Gasteiger partial charge in [-0.15, -0.1) is 0 Å². The van der Waals surface area contributed by atoms with Crippen LogP contribution in [0.1, 0.15) is 28.7 Å². The standard InChI is InChI=1S/C16H16N2O/c1-10-8-14(11(2)19-10)16(17)13-5-6-15-12(9-13)4-3-7-18-15/h3-9,16H,17H2,1-2H3. The molecule has 2 heterocycles. The van der Waals surface area contributed by atoms with Gasteiger partial charge in [0.05, 0.1) is 11.6 Å². The Morgan fingerprint density at radius 1 is 1.16 bits per heavy atom. The van der Waals surface area contributed by atoms with Gasteiger partial charge in [-0.1, -0.05) is 12.1 Å². The van der Waals surface area contributed by atoms with Crippen LogP contribution in [0.5, 0.6) is 0 Å². The number of aromatic nitrogens is 1. The Balaban J connectivity index is 2.06. The van der Waals surface area contributed by atoms with Gasteiger partial charge >= 0.3 is 0 Å². The molecule has 1 unspecified atom stereocenters. The Morgan fingerprint density at radius 3 is 2.74 bits per heavy atom. The predicted molar refractivity (Wildman–Crippen MR) is 76.0 cm³/mol. The fourth-order valence-electron chi connectivity index (χ4n) is 2.43. The van der Waals surface area contributed by atoms with Gasteiger partial charge in [0, 0.05) is 17.1 Å². The molecule has 96 valence electrons. The van der Waals surface area contributed by atoms with Gasteiger partial charge in [0.2, 0.25) is 0 Å². The van der Waals surface area contributed by atoms with Gasteiger partial charge in [-0.25, -0.2) is 0 Å². The maximum absolute atomic E-state index is 6.34. The van der Waals surface area contributed by atoms with Gasteiger partial charge < -0.3 is 10.2 Å². The summed E-state index contributed by atoms with van der Waals surface area (Å²) in [4.78, 5) is 4.32. The molecule has 2 aromatic heterocycles. The van der Waals surface area contributed by atoms with Crippen molar-refractivity contribution in [1.29, 1.82) is 0 Å². The SMILES string of the molecule is Cc1cc(C(N)c2ccc3ncccc3c2)c(C)o1. The van der Waals surface area contributed by atoms with Crippen molar-refractivity contribution in [3.63, 3.8) is 0 Å². The van der Waals surface area contributed by atoms with Crippen LogP contribution in [0, 0.1) is 13.8 Å².